The molecule has 0 bridgehead atoms. The van der Waals surface area contributed by atoms with Crippen molar-refractivity contribution in [3.8, 4) is 11.5 Å². The highest BCUT2D eigenvalue weighted by Crippen LogP contribution is 2.22. The molecule has 0 aromatic heterocycles. The zero-order chi connectivity index (χ0) is 23.8. The fraction of sp³-hybridized carbons (Fsp3) is 0.125. The number of nitrogens with one attached hydrogen (secondary N) is 2. The Morgan fingerprint density at radius 3 is 1.91 bits per heavy atom. The maximum Gasteiger partial charge on any atom is 0.269 e. The molecule has 3 aromatic rings. The largest absolute Gasteiger partial charge is 0.489 e. The predicted molar refractivity (Wildman–Crippen MR) is 123 cm³/mol. The van der Waals surface area contributed by atoms with Crippen LogP contribution in [-0.4, -0.2) is 24.3 Å². The van der Waals surface area contributed by atoms with Crippen LogP contribution in [0.1, 0.15) is 31.8 Å². The maximum absolute atomic E-state index is 12.3. The quantitative estimate of drug-likeness (QED) is 0.439. The molecular weight excluding hydrogens is 446 g/mol. The van der Waals surface area contributed by atoms with Crippen LogP contribution in [0.3, 0.4) is 0 Å². The lowest BCUT2D eigenvalue weighted by molar-refractivity contribution is -0.119. The maximum atomic E-state index is 12.3. The number of carbonyl (C=O) groups is 3. The standard InChI is InChI=1S/C24H22ClN3O5/c1-15-12-20(10-11-21(15)25)32-13-16-2-4-17(5-3-16)23(30)27-28-24(31)18-6-8-19(9-7-18)33-14-22(26)29/h2-12H,13-14H2,1H3,(H2,26,29)(H,27,30)(H,28,31). The van der Waals surface area contributed by atoms with E-state index >= 15 is 0 Å². The zero-order valence-corrected chi connectivity index (χ0v) is 18.5. The highest BCUT2D eigenvalue weighted by molar-refractivity contribution is 6.31. The number of carbonyl (C=O) groups excluding carboxylic acids is 3. The predicted octanol–water partition coefficient (Wildman–Crippen LogP) is 3.17. The fourth-order valence-electron chi connectivity index (χ4n) is 2.74. The van der Waals surface area contributed by atoms with Crippen molar-refractivity contribution in [2.75, 3.05) is 6.61 Å². The molecule has 0 aliphatic heterocycles. The number of hydrogen-bond donors (Lipinski definition) is 3. The van der Waals surface area contributed by atoms with Crippen LogP contribution in [0.2, 0.25) is 5.02 Å². The lowest BCUT2D eigenvalue weighted by Crippen LogP contribution is -2.41. The van der Waals surface area contributed by atoms with E-state index in [9.17, 15) is 14.4 Å². The van der Waals surface area contributed by atoms with Gasteiger partial charge in [0.05, 0.1) is 0 Å². The van der Waals surface area contributed by atoms with Gasteiger partial charge in [0.25, 0.3) is 17.7 Å². The number of halogens is 1. The number of amides is 3. The number of hydrogen-bond acceptors (Lipinski definition) is 5. The van der Waals surface area contributed by atoms with Crippen LogP contribution < -0.4 is 26.1 Å². The van der Waals surface area contributed by atoms with Crippen LogP contribution in [0.4, 0.5) is 0 Å². The molecule has 33 heavy (non-hydrogen) atoms. The topological polar surface area (TPSA) is 120 Å². The Hall–Kier alpha value is -4.04. The van der Waals surface area contributed by atoms with Crippen LogP contribution in [0.25, 0.3) is 0 Å². The molecule has 0 aliphatic carbocycles. The van der Waals surface area contributed by atoms with E-state index in [4.69, 9.17) is 26.8 Å². The molecule has 0 aliphatic rings. The van der Waals surface area contributed by atoms with Gasteiger partial charge in [0, 0.05) is 16.1 Å². The Kier molecular flexibility index (Phi) is 7.88. The SMILES string of the molecule is Cc1cc(OCc2ccc(C(=O)NNC(=O)c3ccc(OCC(N)=O)cc3)cc2)ccc1Cl. The van der Waals surface area contributed by atoms with Crippen LogP contribution in [-0.2, 0) is 11.4 Å². The van der Waals surface area contributed by atoms with E-state index in [0.29, 0.717) is 34.3 Å². The van der Waals surface area contributed by atoms with Crippen molar-refractivity contribution in [3.63, 3.8) is 0 Å². The number of benzene rings is 3. The molecule has 9 heteroatoms. The summed E-state index contributed by atoms with van der Waals surface area (Å²) in [6, 6.07) is 18.3. The molecule has 3 aromatic carbocycles. The van der Waals surface area contributed by atoms with E-state index in [2.05, 4.69) is 10.9 Å². The van der Waals surface area contributed by atoms with Gasteiger partial charge in [0.1, 0.15) is 18.1 Å². The molecule has 0 unspecified atom stereocenters. The van der Waals surface area contributed by atoms with Crippen LogP contribution in [0, 0.1) is 6.92 Å². The summed E-state index contributed by atoms with van der Waals surface area (Å²) in [6.45, 7) is 1.98. The van der Waals surface area contributed by atoms with Crippen molar-refractivity contribution in [1.82, 2.24) is 10.9 Å². The van der Waals surface area contributed by atoms with Crippen molar-refractivity contribution >= 4 is 29.3 Å². The average Bonchev–Trinajstić information content (AvgIpc) is 2.82. The Morgan fingerprint density at radius 2 is 1.36 bits per heavy atom. The highest BCUT2D eigenvalue weighted by Gasteiger charge is 2.10. The van der Waals surface area contributed by atoms with Gasteiger partial charge in [-0.1, -0.05) is 23.7 Å². The molecule has 8 nitrogen and oxygen atoms in total. The van der Waals surface area contributed by atoms with Gasteiger partial charge in [-0.15, -0.1) is 0 Å². The van der Waals surface area contributed by atoms with Gasteiger partial charge in [-0.05, 0) is 72.6 Å². The second-order valence-electron chi connectivity index (χ2n) is 7.08. The molecule has 0 saturated heterocycles. The first kappa shape index (κ1) is 23.6. The van der Waals surface area contributed by atoms with Crippen molar-refractivity contribution in [2.24, 2.45) is 5.73 Å². The van der Waals surface area contributed by atoms with Gasteiger partial charge in [-0.2, -0.15) is 0 Å². The summed E-state index contributed by atoms with van der Waals surface area (Å²) in [5, 5.41) is 0.677. The molecule has 0 radical (unpaired) electrons. The molecule has 3 amide bonds. The summed E-state index contributed by atoms with van der Waals surface area (Å²) in [6.07, 6.45) is 0. The van der Waals surface area contributed by atoms with Gasteiger partial charge in [0.2, 0.25) is 0 Å². The summed E-state index contributed by atoms with van der Waals surface area (Å²) in [5.74, 6) is -0.478. The third-order valence-electron chi connectivity index (χ3n) is 4.54. The normalized spacial score (nSPS) is 10.2. The number of primary amides is 1. The lowest BCUT2D eigenvalue weighted by atomic mass is 10.1. The first-order chi connectivity index (χ1) is 15.8. The second kappa shape index (κ2) is 11.0. The summed E-state index contributed by atoms with van der Waals surface area (Å²) >= 11 is 6.01. The Bertz CT molecular complexity index is 1150. The van der Waals surface area contributed by atoms with Crippen molar-refractivity contribution in [1.29, 1.82) is 0 Å². The fourth-order valence-corrected chi connectivity index (χ4v) is 2.86. The van der Waals surface area contributed by atoms with Crippen molar-refractivity contribution in [3.05, 3.63) is 94.0 Å². The number of rotatable bonds is 8. The van der Waals surface area contributed by atoms with Crippen molar-refractivity contribution < 1.29 is 23.9 Å². The molecular formula is C24H22ClN3O5. The average molecular weight is 468 g/mol. The molecule has 170 valence electrons. The molecule has 0 heterocycles. The van der Waals surface area contributed by atoms with Gasteiger partial charge in [-0.25, -0.2) is 0 Å². The zero-order valence-electron chi connectivity index (χ0n) is 17.8. The van der Waals surface area contributed by atoms with Crippen LogP contribution >= 0.6 is 11.6 Å². The molecule has 0 spiro atoms. The van der Waals surface area contributed by atoms with Gasteiger partial charge in [-0.3, -0.25) is 25.2 Å². The number of aryl methyl sites for hydroxylation is 1. The van der Waals surface area contributed by atoms with Gasteiger partial charge in [0.15, 0.2) is 6.61 Å². The summed E-state index contributed by atoms with van der Waals surface area (Å²) in [4.78, 5) is 35.2. The number of ether oxygens (including phenoxy) is 2. The Labute approximate surface area is 195 Å². The Morgan fingerprint density at radius 1 is 0.818 bits per heavy atom. The molecule has 0 fully saturated rings. The minimum Gasteiger partial charge on any atom is -0.489 e. The summed E-state index contributed by atoms with van der Waals surface area (Å²) in [7, 11) is 0. The van der Waals surface area contributed by atoms with Gasteiger partial charge < -0.3 is 15.2 Å². The Balaban J connectivity index is 1.48. The highest BCUT2D eigenvalue weighted by atomic mass is 35.5. The van der Waals surface area contributed by atoms with Gasteiger partial charge >= 0.3 is 0 Å². The van der Waals surface area contributed by atoms with Crippen LogP contribution in [0.15, 0.2) is 66.7 Å². The smallest absolute Gasteiger partial charge is 0.269 e. The van der Waals surface area contributed by atoms with Crippen molar-refractivity contribution in [2.45, 2.75) is 13.5 Å². The van der Waals surface area contributed by atoms with Crippen LogP contribution in [0.5, 0.6) is 11.5 Å². The van der Waals surface area contributed by atoms with E-state index in [0.717, 1.165) is 11.1 Å². The number of hydrazine groups is 1. The first-order valence-electron chi connectivity index (χ1n) is 9.91. The molecule has 0 atom stereocenters. The number of nitrogens with two attached hydrogens (primary N) is 1. The van der Waals surface area contributed by atoms with E-state index in [1.807, 2.05) is 13.0 Å². The molecule has 4 N–H and O–H groups in total. The minimum absolute atomic E-state index is 0.257. The monoisotopic (exact) mass is 467 g/mol. The third-order valence-corrected chi connectivity index (χ3v) is 4.96. The van der Waals surface area contributed by atoms with E-state index in [-0.39, 0.29) is 6.61 Å². The molecule has 3 rings (SSSR count). The van der Waals surface area contributed by atoms with E-state index in [1.165, 1.54) is 24.3 Å². The minimum atomic E-state index is -0.600. The summed E-state index contributed by atoms with van der Waals surface area (Å²) in [5.41, 5.74) is 12.2. The van der Waals surface area contributed by atoms with E-state index < -0.39 is 17.7 Å². The first-order valence-corrected chi connectivity index (χ1v) is 10.3. The molecule has 0 saturated carbocycles. The van der Waals surface area contributed by atoms with E-state index in [1.54, 1.807) is 36.4 Å². The second-order valence-corrected chi connectivity index (χ2v) is 7.49. The third kappa shape index (κ3) is 6.98. The summed E-state index contributed by atoms with van der Waals surface area (Å²) < 4.78 is 10.9. The lowest BCUT2D eigenvalue weighted by Gasteiger charge is -2.10.